The van der Waals surface area contributed by atoms with E-state index in [1.54, 1.807) is 0 Å². The molecule has 5 nitrogen and oxygen atoms in total. The van der Waals surface area contributed by atoms with Gasteiger partial charge in [-0.1, -0.05) is 18.5 Å². The zero-order valence-corrected chi connectivity index (χ0v) is 10.2. The Hall–Kier alpha value is -2.28. The van der Waals surface area contributed by atoms with E-state index in [1.165, 1.54) is 6.92 Å². The highest BCUT2D eigenvalue weighted by Gasteiger charge is 2.45. The van der Waals surface area contributed by atoms with Crippen molar-refractivity contribution in [2.75, 3.05) is 0 Å². The number of azide groups is 1. The van der Waals surface area contributed by atoms with Crippen molar-refractivity contribution in [2.24, 2.45) is 5.11 Å². The van der Waals surface area contributed by atoms with Crippen LogP contribution in [0.1, 0.15) is 25.3 Å². The lowest BCUT2D eigenvalue weighted by molar-refractivity contribution is -0.144. The molecule has 0 fully saturated rings. The molecule has 0 heterocycles. The summed E-state index contributed by atoms with van der Waals surface area (Å²) >= 11 is 0. The molecule has 9 heteroatoms. The zero-order valence-electron chi connectivity index (χ0n) is 10.2. The van der Waals surface area contributed by atoms with Gasteiger partial charge in [0.05, 0.1) is 5.56 Å². The summed E-state index contributed by atoms with van der Waals surface area (Å²) in [7, 11) is 0. The van der Waals surface area contributed by atoms with Gasteiger partial charge in [-0.05, 0) is 12.0 Å². The molecule has 1 rings (SSSR count). The van der Waals surface area contributed by atoms with Gasteiger partial charge in [-0.25, -0.2) is 17.6 Å². The summed E-state index contributed by atoms with van der Waals surface area (Å²) in [6.45, 7) is 1.45. The second-order valence-corrected chi connectivity index (χ2v) is 3.95. The number of carboxylic acids is 1. The standard InChI is InChI=1S/C11H9F4N3O2/c1-2-3-11(10(19)20,17-18-16)7-8(14)5(12)4-6(13)9(7)15/h4H,2-3H2,1H3,(H,19,20). The predicted octanol–water partition coefficient (Wildman–Crippen LogP) is 3.63. The third kappa shape index (κ3) is 2.39. The Kier molecular flexibility index (Phi) is 4.57. The lowest BCUT2D eigenvalue weighted by atomic mass is 9.85. The lowest BCUT2D eigenvalue weighted by Crippen LogP contribution is -2.36. The van der Waals surface area contributed by atoms with Crippen LogP contribution < -0.4 is 0 Å². The second-order valence-electron chi connectivity index (χ2n) is 3.95. The average Bonchev–Trinajstić information content (AvgIpc) is 2.36. The smallest absolute Gasteiger partial charge is 0.320 e. The number of carbonyl (C=O) groups is 1. The molecule has 0 radical (unpaired) electrons. The highest BCUT2D eigenvalue weighted by molar-refractivity contribution is 5.81. The number of nitrogens with zero attached hydrogens (tertiary/aromatic N) is 3. The number of halogens is 4. The number of hydrogen-bond donors (Lipinski definition) is 1. The van der Waals surface area contributed by atoms with Crippen molar-refractivity contribution in [1.82, 2.24) is 0 Å². The normalized spacial score (nSPS) is 13.4. The summed E-state index contributed by atoms with van der Waals surface area (Å²) in [5, 5.41) is 12.0. The van der Waals surface area contributed by atoms with Crippen molar-refractivity contribution in [3.05, 3.63) is 45.3 Å². The van der Waals surface area contributed by atoms with Crippen LogP contribution in [0.25, 0.3) is 10.4 Å². The van der Waals surface area contributed by atoms with Crippen molar-refractivity contribution in [2.45, 2.75) is 25.3 Å². The van der Waals surface area contributed by atoms with Crippen LogP contribution in [-0.2, 0) is 10.3 Å². The van der Waals surface area contributed by atoms with Gasteiger partial charge in [0.25, 0.3) is 0 Å². The van der Waals surface area contributed by atoms with E-state index in [2.05, 4.69) is 10.0 Å². The molecular formula is C11H9F4N3O2. The Morgan fingerprint density at radius 2 is 1.85 bits per heavy atom. The number of carboxylic acid groups (broad SMARTS) is 1. The SMILES string of the molecule is CCCC(N=[N+]=[N-])(C(=O)O)c1c(F)c(F)cc(F)c1F. The Labute approximate surface area is 110 Å². The van der Waals surface area contributed by atoms with Crippen LogP contribution in [0.3, 0.4) is 0 Å². The van der Waals surface area contributed by atoms with Crippen LogP contribution in [0.2, 0.25) is 0 Å². The van der Waals surface area contributed by atoms with Crippen LogP contribution in [0.4, 0.5) is 17.6 Å². The van der Waals surface area contributed by atoms with E-state index in [1.807, 2.05) is 0 Å². The van der Waals surface area contributed by atoms with Crippen LogP contribution in [0, 0.1) is 23.3 Å². The molecule has 20 heavy (non-hydrogen) atoms. The molecule has 1 aromatic carbocycles. The minimum absolute atomic E-state index is 0.0440. The molecule has 0 aliphatic rings. The summed E-state index contributed by atoms with van der Waals surface area (Å²) < 4.78 is 53.8. The Bertz CT molecular complexity index is 572. The van der Waals surface area contributed by atoms with E-state index in [0.29, 0.717) is 0 Å². The summed E-state index contributed by atoms with van der Waals surface area (Å²) in [5.41, 5.74) is 4.23. The first kappa shape index (κ1) is 15.8. The van der Waals surface area contributed by atoms with Gasteiger partial charge in [0.15, 0.2) is 28.8 Å². The van der Waals surface area contributed by atoms with Crippen LogP contribution in [-0.4, -0.2) is 11.1 Å². The summed E-state index contributed by atoms with van der Waals surface area (Å²) in [5.74, 6) is -9.23. The summed E-state index contributed by atoms with van der Waals surface area (Å²) in [4.78, 5) is 13.5. The van der Waals surface area contributed by atoms with E-state index < -0.39 is 46.8 Å². The lowest BCUT2D eigenvalue weighted by Gasteiger charge is -2.25. The quantitative estimate of drug-likeness (QED) is 0.295. The van der Waals surface area contributed by atoms with Crippen LogP contribution in [0.5, 0.6) is 0 Å². The number of rotatable bonds is 5. The van der Waals surface area contributed by atoms with Crippen molar-refractivity contribution in [3.63, 3.8) is 0 Å². The molecule has 1 unspecified atom stereocenters. The summed E-state index contributed by atoms with van der Waals surface area (Å²) in [6.07, 6.45) is -0.481. The Morgan fingerprint density at radius 1 is 1.35 bits per heavy atom. The number of hydrogen-bond acceptors (Lipinski definition) is 2. The van der Waals surface area contributed by atoms with E-state index >= 15 is 0 Å². The molecule has 0 aliphatic heterocycles. The number of aliphatic carboxylic acids is 1. The molecule has 0 amide bonds. The van der Waals surface area contributed by atoms with Gasteiger partial charge in [0, 0.05) is 11.0 Å². The predicted molar refractivity (Wildman–Crippen MR) is 59.6 cm³/mol. The minimum atomic E-state index is -2.75. The fourth-order valence-electron chi connectivity index (χ4n) is 1.86. The maximum Gasteiger partial charge on any atom is 0.320 e. The fraction of sp³-hybridized carbons (Fsp3) is 0.364. The Balaban J connectivity index is 3.82. The fourth-order valence-corrected chi connectivity index (χ4v) is 1.86. The van der Waals surface area contributed by atoms with Crippen molar-refractivity contribution in [3.8, 4) is 0 Å². The zero-order chi connectivity index (χ0) is 15.5. The van der Waals surface area contributed by atoms with E-state index in [4.69, 9.17) is 10.6 Å². The minimum Gasteiger partial charge on any atom is -0.480 e. The highest BCUT2D eigenvalue weighted by atomic mass is 19.2. The molecule has 1 atom stereocenters. The van der Waals surface area contributed by atoms with Gasteiger partial charge in [0.1, 0.15) is 0 Å². The van der Waals surface area contributed by atoms with Crippen molar-refractivity contribution < 1.29 is 27.5 Å². The van der Waals surface area contributed by atoms with Crippen LogP contribution >= 0.6 is 0 Å². The van der Waals surface area contributed by atoms with Gasteiger partial charge in [-0.15, -0.1) is 0 Å². The molecule has 0 spiro atoms. The van der Waals surface area contributed by atoms with Gasteiger partial charge >= 0.3 is 5.97 Å². The molecule has 0 aliphatic carbocycles. The van der Waals surface area contributed by atoms with Gasteiger partial charge in [-0.3, -0.25) is 4.79 Å². The topological polar surface area (TPSA) is 86.1 Å². The van der Waals surface area contributed by atoms with E-state index in [9.17, 15) is 22.4 Å². The third-order valence-electron chi connectivity index (χ3n) is 2.71. The molecular weight excluding hydrogens is 282 g/mol. The molecule has 0 saturated heterocycles. The van der Waals surface area contributed by atoms with Gasteiger partial charge < -0.3 is 5.11 Å². The van der Waals surface area contributed by atoms with Gasteiger partial charge in [0.2, 0.25) is 0 Å². The summed E-state index contributed by atoms with van der Waals surface area (Å²) in [6, 6.07) is -0.0528. The largest absolute Gasteiger partial charge is 0.480 e. The molecule has 108 valence electrons. The molecule has 1 aromatic rings. The third-order valence-corrected chi connectivity index (χ3v) is 2.71. The van der Waals surface area contributed by atoms with E-state index in [-0.39, 0.29) is 12.5 Å². The molecule has 1 N–H and O–H groups in total. The van der Waals surface area contributed by atoms with Crippen LogP contribution in [0.15, 0.2) is 11.2 Å². The first-order valence-electron chi connectivity index (χ1n) is 5.45. The maximum absolute atomic E-state index is 13.7. The van der Waals surface area contributed by atoms with Crippen molar-refractivity contribution >= 4 is 5.97 Å². The first-order valence-corrected chi connectivity index (χ1v) is 5.45. The van der Waals surface area contributed by atoms with E-state index in [0.717, 1.165) is 0 Å². The molecule has 0 saturated carbocycles. The number of benzene rings is 1. The maximum atomic E-state index is 13.7. The van der Waals surface area contributed by atoms with Gasteiger partial charge in [-0.2, -0.15) is 0 Å². The second kappa shape index (κ2) is 5.79. The first-order chi connectivity index (χ1) is 9.31. The van der Waals surface area contributed by atoms with Crippen molar-refractivity contribution in [1.29, 1.82) is 0 Å². The molecule has 0 aromatic heterocycles. The average molecular weight is 291 g/mol. The highest BCUT2D eigenvalue weighted by Crippen LogP contribution is 2.37. The Morgan fingerprint density at radius 3 is 2.20 bits per heavy atom. The molecule has 0 bridgehead atoms. The monoisotopic (exact) mass is 291 g/mol.